The van der Waals surface area contributed by atoms with Gasteiger partial charge in [-0.05, 0) is 62.0 Å². The van der Waals surface area contributed by atoms with Gasteiger partial charge in [0.1, 0.15) is 0 Å². The normalized spacial score (nSPS) is 17.2. The summed E-state index contributed by atoms with van der Waals surface area (Å²) in [5.41, 5.74) is 2.15. The summed E-state index contributed by atoms with van der Waals surface area (Å²) >= 11 is 0. The highest BCUT2D eigenvalue weighted by Gasteiger charge is 2.31. The van der Waals surface area contributed by atoms with Crippen LogP contribution in [0.2, 0.25) is 0 Å². The van der Waals surface area contributed by atoms with Gasteiger partial charge in [0.25, 0.3) is 0 Å². The predicted octanol–water partition coefficient (Wildman–Crippen LogP) is 3.12. The summed E-state index contributed by atoms with van der Waals surface area (Å²) in [5, 5.41) is 0. The molecular weight excluding hydrogens is 478 g/mol. The van der Waals surface area contributed by atoms with Crippen molar-refractivity contribution in [2.45, 2.75) is 6.42 Å². The molecule has 0 bridgehead atoms. The third kappa shape index (κ3) is 5.98. The van der Waals surface area contributed by atoms with Gasteiger partial charge < -0.3 is 28.4 Å². The molecule has 0 aliphatic carbocycles. The fourth-order valence-electron chi connectivity index (χ4n) is 3.92. The van der Waals surface area contributed by atoms with Crippen molar-refractivity contribution in [2.75, 3.05) is 48.3 Å². The van der Waals surface area contributed by atoms with Crippen LogP contribution in [0.5, 0.6) is 28.7 Å². The van der Waals surface area contributed by atoms with Gasteiger partial charge in [0.2, 0.25) is 12.5 Å². The van der Waals surface area contributed by atoms with Gasteiger partial charge in [-0.1, -0.05) is 6.07 Å². The summed E-state index contributed by atoms with van der Waals surface area (Å²) in [5.74, 6) is 1.30. The molecule has 4 rings (SSSR count). The Labute approximate surface area is 209 Å². The first kappa shape index (κ1) is 26.2. The second-order valence-corrected chi connectivity index (χ2v) is 8.25. The smallest absolute Gasteiger partial charge is 0.334 e. The van der Waals surface area contributed by atoms with Crippen molar-refractivity contribution in [1.82, 2.24) is 4.90 Å². The van der Waals surface area contributed by atoms with Gasteiger partial charge in [-0.15, -0.1) is 12.4 Å². The number of cyclic esters (lactones) is 1. The minimum atomic E-state index is -0.448. The fraction of sp³-hybridized carbons (Fsp3) is 0.360. The number of methoxy groups -OCH3 is 2. The van der Waals surface area contributed by atoms with E-state index >= 15 is 0 Å². The zero-order valence-corrected chi connectivity index (χ0v) is 20.8. The minimum Gasteiger partial charge on any atom is -0.493 e. The van der Waals surface area contributed by atoms with E-state index in [2.05, 4.69) is 0 Å². The summed E-state index contributed by atoms with van der Waals surface area (Å²) in [6, 6.07) is 9.10. The Morgan fingerprint density at radius 1 is 1.06 bits per heavy atom. The molecule has 0 saturated carbocycles. The molecule has 1 fully saturated rings. The molecule has 0 spiro atoms. The topological polar surface area (TPSA) is 92.8 Å². The first-order valence-electron chi connectivity index (χ1n) is 10.8. The van der Waals surface area contributed by atoms with Crippen LogP contribution in [0, 0.1) is 5.92 Å². The van der Waals surface area contributed by atoms with Crippen molar-refractivity contribution in [3.63, 3.8) is 0 Å². The van der Waals surface area contributed by atoms with Crippen molar-refractivity contribution in [1.29, 1.82) is 0 Å². The Kier molecular flexibility index (Phi) is 8.48. The Bertz CT molecular complexity index is 1130. The molecule has 0 amide bonds. The molecule has 1 saturated heterocycles. The Morgan fingerprint density at radius 2 is 1.80 bits per heavy atom. The molecule has 35 heavy (non-hydrogen) atoms. The number of nitrogens with zero attached hydrogens (tertiary/aromatic N) is 1. The van der Waals surface area contributed by atoms with Crippen molar-refractivity contribution < 1.29 is 38.0 Å². The highest BCUT2D eigenvalue weighted by Crippen LogP contribution is 2.40. The SMILES string of the molecule is COc1cc(/C=C2\C(=O)OCC2Cc2ccc3c(c2)OCO3)cc(OC(=O)CN(C)C)c1OC.Cl. The molecule has 2 aromatic carbocycles. The van der Waals surface area contributed by atoms with Crippen LogP contribution in [-0.2, 0) is 20.7 Å². The van der Waals surface area contributed by atoms with Crippen molar-refractivity contribution >= 4 is 30.4 Å². The average Bonchev–Trinajstić information content (AvgIpc) is 3.39. The molecule has 2 aromatic rings. The van der Waals surface area contributed by atoms with Crippen LogP contribution in [0.25, 0.3) is 6.08 Å². The number of hydrogen-bond acceptors (Lipinski definition) is 9. The molecule has 2 aliphatic heterocycles. The number of benzene rings is 2. The van der Waals surface area contributed by atoms with Crippen LogP contribution in [0.15, 0.2) is 35.9 Å². The van der Waals surface area contributed by atoms with E-state index in [1.165, 1.54) is 14.2 Å². The summed E-state index contributed by atoms with van der Waals surface area (Å²) in [6.45, 7) is 0.577. The molecule has 0 aromatic heterocycles. The van der Waals surface area contributed by atoms with Gasteiger partial charge in [0.05, 0.1) is 27.4 Å². The number of carbonyl (C=O) groups excluding carboxylic acids is 2. The standard InChI is InChI=1S/C25H27NO8.ClH/c1-26(2)12-23(27)34-22-11-16(10-21(29-3)24(22)30-4)8-18-17(13-31-25(18)28)7-15-5-6-19-20(9-15)33-14-32-19;/h5-6,8-11,17H,7,12-14H2,1-4H3;1H/b18-8-;. The van der Waals surface area contributed by atoms with Crippen molar-refractivity contribution in [3.05, 3.63) is 47.0 Å². The van der Waals surface area contributed by atoms with Gasteiger partial charge in [-0.25, -0.2) is 4.79 Å². The molecule has 9 nitrogen and oxygen atoms in total. The van der Waals surface area contributed by atoms with Gasteiger partial charge >= 0.3 is 11.9 Å². The molecular formula is C25H28ClNO8. The lowest BCUT2D eigenvalue weighted by atomic mass is 9.92. The second kappa shape index (κ2) is 11.3. The predicted molar refractivity (Wildman–Crippen MR) is 130 cm³/mol. The maximum Gasteiger partial charge on any atom is 0.334 e. The monoisotopic (exact) mass is 505 g/mol. The number of hydrogen-bond donors (Lipinski definition) is 0. The number of fused-ring (bicyclic) bond motifs is 1. The van der Waals surface area contributed by atoms with Gasteiger partial charge in [-0.3, -0.25) is 9.69 Å². The number of ether oxygens (including phenoxy) is 6. The largest absolute Gasteiger partial charge is 0.493 e. The number of halogens is 1. The van der Waals surface area contributed by atoms with Gasteiger partial charge in [0, 0.05) is 11.5 Å². The summed E-state index contributed by atoms with van der Waals surface area (Å²) in [7, 11) is 6.50. The molecule has 0 radical (unpaired) electrons. The summed E-state index contributed by atoms with van der Waals surface area (Å²) in [6.07, 6.45) is 2.32. The number of carbonyl (C=O) groups is 2. The lowest BCUT2D eigenvalue weighted by molar-refractivity contribution is -0.136. The summed E-state index contributed by atoms with van der Waals surface area (Å²) in [4.78, 5) is 26.5. The first-order valence-corrected chi connectivity index (χ1v) is 10.8. The molecule has 1 unspecified atom stereocenters. The maximum absolute atomic E-state index is 12.5. The lowest BCUT2D eigenvalue weighted by Gasteiger charge is -2.15. The highest BCUT2D eigenvalue weighted by atomic mass is 35.5. The zero-order valence-electron chi connectivity index (χ0n) is 20.0. The minimum absolute atomic E-state index is 0. The van der Waals surface area contributed by atoms with E-state index in [1.54, 1.807) is 37.2 Å². The average molecular weight is 506 g/mol. The quantitative estimate of drug-likeness (QED) is 0.305. The van der Waals surface area contributed by atoms with Crippen LogP contribution in [0.4, 0.5) is 0 Å². The van der Waals surface area contributed by atoms with Crippen LogP contribution in [0.3, 0.4) is 0 Å². The Balaban J connectivity index is 0.00000342. The Morgan fingerprint density at radius 3 is 2.51 bits per heavy atom. The van der Waals surface area contributed by atoms with E-state index in [1.807, 2.05) is 18.2 Å². The Hall–Kier alpha value is -3.43. The third-order valence-corrected chi connectivity index (χ3v) is 5.47. The zero-order chi connectivity index (χ0) is 24.2. The van der Waals surface area contributed by atoms with Gasteiger partial charge in [0.15, 0.2) is 23.0 Å². The van der Waals surface area contributed by atoms with E-state index in [0.29, 0.717) is 40.6 Å². The van der Waals surface area contributed by atoms with Gasteiger partial charge in [-0.2, -0.15) is 0 Å². The van der Waals surface area contributed by atoms with E-state index in [0.717, 1.165) is 5.56 Å². The molecule has 10 heteroatoms. The van der Waals surface area contributed by atoms with Crippen LogP contribution >= 0.6 is 12.4 Å². The van der Waals surface area contributed by atoms with Crippen molar-refractivity contribution in [2.24, 2.45) is 5.92 Å². The highest BCUT2D eigenvalue weighted by molar-refractivity contribution is 5.96. The number of esters is 2. The maximum atomic E-state index is 12.5. The molecule has 2 heterocycles. The number of likely N-dealkylation sites (N-methyl/N-ethyl adjacent to an activating group) is 1. The van der Waals surface area contributed by atoms with Crippen LogP contribution in [0.1, 0.15) is 11.1 Å². The van der Waals surface area contributed by atoms with E-state index in [4.69, 9.17) is 28.4 Å². The van der Waals surface area contributed by atoms with E-state index in [9.17, 15) is 9.59 Å². The first-order chi connectivity index (χ1) is 16.4. The van der Waals surface area contributed by atoms with Crippen LogP contribution < -0.4 is 23.7 Å². The van der Waals surface area contributed by atoms with E-state index in [-0.39, 0.29) is 50.0 Å². The number of rotatable bonds is 8. The van der Waals surface area contributed by atoms with E-state index < -0.39 is 5.97 Å². The third-order valence-electron chi connectivity index (χ3n) is 5.47. The van der Waals surface area contributed by atoms with Crippen LogP contribution in [-0.4, -0.2) is 65.1 Å². The fourth-order valence-corrected chi connectivity index (χ4v) is 3.92. The molecule has 0 N–H and O–H groups in total. The molecule has 1 atom stereocenters. The molecule has 188 valence electrons. The molecule has 2 aliphatic rings. The van der Waals surface area contributed by atoms with Crippen molar-refractivity contribution in [3.8, 4) is 28.7 Å². The second-order valence-electron chi connectivity index (χ2n) is 8.25. The lowest BCUT2D eigenvalue weighted by Crippen LogP contribution is -2.25. The summed E-state index contributed by atoms with van der Waals surface area (Å²) < 4.78 is 32.5.